The maximum Gasteiger partial charge on any atom is 0.226 e. The SMILES string of the molecule is C=CCN(CC(=O)CCc1ccccc1)CC(=O)C[C@@H](Cc1ccc(OC(C)(C)C)cc1)C(=O)N(Cc1ccc(F)c(N2CC(N3CCN(CC)CC3)C2)n1)CC(OCC)OCC. The molecule has 0 bridgehead atoms. The highest BCUT2D eigenvalue weighted by molar-refractivity contribution is 5.89. The molecule has 2 aliphatic heterocycles. The predicted molar refractivity (Wildman–Crippen MR) is 246 cm³/mol. The van der Waals surface area contributed by atoms with E-state index in [1.807, 2.05) is 94.1 Å². The van der Waals surface area contributed by atoms with Crippen LogP contribution in [0.25, 0.3) is 0 Å². The number of benzene rings is 2. The zero-order valence-corrected chi connectivity index (χ0v) is 38.6. The van der Waals surface area contributed by atoms with Crippen molar-refractivity contribution in [1.82, 2.24) is 24.6 Å². The first-order valence-electron chi connectivity index (χ1n) is 22.8. The number of aromatic nitrogens is 1. The number of pyridine rings is 1. The van der Waals surface area contributed by atoms with Crippen LogP contribution in [0.4, 0.5) is 10.2 Å². The normalized spacial score (nSPS) is 15.7. The van der Waals surface area contributed by atoms with Crippen molar-refractivity contribution in [2.45, 2.75) is 91.7 Å². The number of nitrogens with zero attached hydrogens (tertiary/aromatic N) is 6. The van der Waals surface area contributed by atoms with E-state index < -0.39 is 18.0 Å². The number of Topliss-reactive ketones (excluding diaryl/α,β-unsaturated/α-hetero) is 2. The number of rotatable bonds is 26. The zero-order valence-electron chi connectivity index (χ0n) is 38.6. The smallest absolute Gasteiger partial charge is 0.226 e. The molecule has 0 N–H and O–H groups in total. The van der Waals surface area contributed by atoms with Gasteiger partial charge in [0.25, 0.3) is 0 Å². The second kappa shape index (κ2) is 24.5. The average Bonchev–Trinajstić information content (AvgIpc) is 3.23. The molecule has 63 heavy (non-hydrogen) atoms. The summed E-state index contributed by atoms with van der Waals surface area (Å²) < 4.78 is 33.4. The van der Waals surface area contributed by atoms with Gasteiger partial charge >= 0.3 is 0 Å². The van der Waals surface area contributed by atoms with E-state index in [2.05, 4.69) is 23.3 Å². The van der Waals surface area contributed by atoms with E-state index in [9.17, 15) is 9.59 Å². The molecule has 2 aromatic carbocycles. The lowest BCUT2D eigenvalue weighted by Gasteiger charge is -2.48. The minimum Gasteiger partial charge on any atom is -0.488 e. The second-order valence-electron chi connectivity index (χ2n) is 17.7. The Balaban J connectivity index is 1.36. The zero-order chi connectivity index (χ0) is 45.4. The van der Waals surface area contributed by atoms with Crippen molar-refractivity contribution < 1.29 is 33.0 Å². The number of hydrogen-bond acceptors (Lipinski definition) is 11. The summed E-state index contributed by atoms with van der Waals surface area (Å²) in [6, 6.07) is 20.8. The van der Waals surface area contributed by atoms with Gasteiger partial charge in [0.1, 0.15) is 22.9 Å². The number of ketones is 2. The fourth-order valence-electron chi connectivity index (χ4n) is 8.27. The fraction of sp³-hybridized carbons (Fsp3) is 0.560. The van der Waals surface area contributed by atoms with Gasteiger partial charge in [-0.2, -0.15) is 0 Å². The molecular formula is C50H71FN6O6. The molecule has 5 rings (SSSR count). The molecule has 12 nitrogen and oxygen atoms in total. The van der Waals surface area contributed by atoms with E-state index in [-0.39, 0.29) is 67.9 Å². The summed E-state index contributed by atoms with van der Waals surface area (Å²) in [7, 11) is 0. The van der Waals surface area contributed by atoms with Crippen molar-refractivity contribution in [2.75, 3.05) is 90.1 Å². The van der Waals surface area contributed by atoms with Crippen LogP contribution in [0.3, 0.4) is 0 Å². The lowest BCUT2D eigenvalue weighted by molar-refractivity contribution is -0.162. The number of anilines is 1. The maximum atomic E-state index is 15.5. The van der Waals surface area contributed by atoms with Gasteiger partial charge in [-0.05, 0) is 89.4 Å². The van der Waals surface area contributed by atoms with E-state index in [1.54, 1.807) is 21.9 Å². The Hall–Kier alpha value is -4.53. The number of ether oxygens (including phenoxy) is 3. The van der Waals surface area contributed by atoms with Crippen molar-refractivity contribution in [3.63, 3.8) is 0 Å². The van der Waals surface area contributed by atoms with Gasteiger partial charge in [-0.1, -0.05) is 55.5 Å². The molecule has 0 aliphatic carbocycles. The summed E-state index contributed by atoms with van der Waals surface area (Å²) >= 11 is 0. The molecular weight excluding hydrogens is 800 g/mol. The van der Waals surface area contributed by atoms with E-state index >= 15 is 9.18 Å². The maximum absolute atomic E-state index is 15.5. The molecule has 344 valence electrons. The van der Waals surface area contributed by atoms with Crippen LogP contribution in [-0.4, -0.2) is 145 Å². The molecule has 3 heterocycles. The van der Waals surface area contributed by atoms with Gasteiger partial charge in [0, 0.05) is 83.8 Å². The lowest BCUT2D eigenvalue weighted by atomic mass is 9.92. The summed E-state index contributed by atoms with van der Waals surface area (Å²) in [6.45, 7) is 23.5. The molecule has 2 fully saturated rings. The first-order valence-corrected chi connectivity index (χ1v) is 22.8. The molecule has 1 aromatic heterocycles. The number of carbonyl (C=O) groups is 3. The fourth-order valence-corrected chi connectivity index (χ4v) is 8.27. The van der Waals surface area contributed by atoms with Gasteiger partial charge in [-0.15, -0.1) is 6.58 Å². The number of halogens is 1. The van der Waals surface area contributed by atoms with Crippen LogP contribution < -0.4 is 9.64 Å². The van der Waals surface area contributed by atoms with Gasteiger partial charge in [-0.3, -0.25) is 24.2 Å². The third-order valence-corrected chi connectivity index (χ3v) is 11.5. The van der Waals surface area contributed by atoms with E-state index in [1.165, 1.54) is 6.07 Å². The Labute approximate surface area is 375 Å². The third kappa shape index (κ3) is 15.9. The largest absolute Gasteiger partial charge is 0.488 e. The minimum atomic E-state index is -0.778. The van der Waals surface area contributed by atoms with Gasteiger partial charge in [0.05, 0.1) is 31.9 Å². The van der Waals surface area contributed by atoms with E-state index in [0.717, 1.165) is 43.9 Å². The highest BCUT2D eigenvalue weighted by Crippen LogP contribution is 2.28. The standard InChI is InChI=1S/C50H71FN6O6/c1-8-25-54(35-43(58)21-17-38-15-13-12-14-16-38)36-44(59)31-40(30-39-18-22-45(23-19-39)63-50(5,6)7)49(60)57(37-47(61-10-3)62-11-4)32-41-20-24-46(51)48(52-41)56-33-42(34-56)55-28-26-53(9-2)27-29-55/h8,12-16,18-20,22-24,40,42,47H,1,9-11,17,21,25-37H2,2-7H3/t40-/m1/s1. The average molecular weight is 871 g/mol. The highest BCUT2D eigenvalue weighted by atomic mass is 19.1. The van der Waals surface area contributed by atoms with Crippen LogP contribution in [0, 0.1) is 11.7 Å². The summed E-state index contributed by atoms with van der Waals surface area (Å²) in [4.78, 5) is 57.4. The van der Waals surface area contributed by atoms with Crippen molar-refractivity contribution >= 4 is 23.3 Å². The Morgan fingerprint density at radius 1 is 0.889 bits per heavy atom. The Bertz CT molecular complexity index is 1890. The molecule has 0 unspecified atom stereocenters. The lowest BCUT2D eigenvalue weighted by Crippen LogP contribution is -2.63. The van der Waals surface area contributed by atoms with Gasteiger partial charge in [0.15, 0.2) is 17.9 Å². The van der Waals surface area contributed by atoms with Crippen molar-refractivity contribution in [3.8, 4) is 5.75 Å². The number of aryl methyl sites for hydroxylation is 1. The number of piperazine rings is 1. The number of likely N-dealkylation sites (N-methyl/N-ethyl adjacent to an activating group) is 1. The van der Waals surface area contributed by atoms with Crippen molar-refractivity contribution in [1.29, 1.82) is 0 Å². The van der Waals surface area contributed by atoms with Crippen LogP contribution in [0.1, 0.15) is 71.2 Å². The Morgan fingerprint density at radius 2 is 1.56 bits per heavy atom. The number of carbonyl (C=O) groups excluding carboxylic acids is 3. The molecule has 0 radical (unpaired) electrons. The molecule has 2 aliphatic rings. The predicted octanol–water partition coefficient (Wildman–Crippen LogP) is 6.46. The molecule has 0 saturated carbocycles. The second-order valence-corrected chi connectivity index (χ2v) is 17.7. The Morgan fingerprint density at radius 3 is 2.17 bits per heavy atom. The van der Waals surface area contributed by atoms with Crippen LogP contribution in [0.15, 0.2) is 79.4 Å². The summed E-state index contributed by atoms with van der Waals surface area (Å²) in [5.74, 6) is -0.630. The first kappa shape index (κ1) is 49.5. The quantitative estimate of drug-likeness (QED) is 0.0656. The summed E-state index contributed by atoms with van der Waals surface area (Å²) in [6.07, 6.45) is 2.12. The summed E-state index contributed by atoms with van der Waals surface area (Å²) in [5.41, 5.74) is 2.07. The minimum absolute atomic E-state index is 0.0141. The van der Waals surface area contributed by atoms with E-state index in [4.69, 9.17) is 19.2 Å². The molecule has 0 spiro atoms. The monoisotopic (exact) mass is 871 g/mol. The third-order valence-electron chi connectivity index (χ3n) is 11.5. The molecule has 3 aromatic rings. The molecule has 13 heteroatoms. The van der Waals surface area contributed by atoms with Crippen LogP contribution in [0.5, 0.6) is 5.75 Å². The van der Waals surface area contributed by atoms with Gasteiger partial charge in [0.2, 0.25) is 5.91 Å². The van der Waals surface area contributed by atoms with Gasteiger partial charge in [-0.25, -0.2) is 9.37 Å². The number of hydrogen-bond donors (Lipinski definition) is 0. The van der Waals surface area contributed by atoms with Crippen molar-refractivity contribution in [2.24, 2.45) is 5.92 Å². The molecule has 1 amide bonds. The molecule has 2 saturated heterocycles. The first-order chi connectivity index (χ1) is 30.3. The summed E-state index contributed by atoms with van der Waals surface area (Å²) in [5, 5.41) is 0. The van der Waals surface area contributed by atoms with Gasteiger partial charge < -0.3 is 28.9 Å². The Kier molecular flexibility index (Phi) is 19.3. The molecule has 1 atom stereocenters. The van der Waals surface area contributed by atoms with Crippen LogP contribution in [0.2, 0.25) is 0 Å². The van der Waals surface area contributed by atoms with Crippen LogP contribution >= 0.6 is 0 Å². The van der Waals surface area contributed by atoms with Crippen molar-refractivity contribution in [3.05, 3.63) is 102 Å². The van der Waals surface area contributed by atoms with Crippen LogP contribution in [-0.2, 0) is 43.2 Å². The highest BCUT2D eigenvalue weighted by Gasteiger charge is 2.36. The number of amides is 1. The topological polar surface area (TPSA) is 108 Å². The van der Waals surface area contributed by atoms with E-state index in [0.29, 0.717) is 63.2 Å².